The van der Waals surface area contributed by atoms with Crippen LogP contribution in [0, 0.1) is 17.3 Å². The van der Waals surface area contributed by atoms with E-state index < -0.39 is 0 Å². The summed E-state index contributed by atoms with van der Waals surface area (Å²) in [5.41, 5.74) is 4.97. The highest BCUT2D eigenvalue weighted by atomic mass is 16.3. The van der Waals surface area contributed by atoms with Gasteiger partial charge >= 0.3 is 0 Å². The molecule has 4 aliphatic carbocycles. The molecule has 2 heteroatoms. The predicted octanol–water partition coefficient (Wildman–Crippen LogP) is 3.35. The van der Waals surface area contributed by atoms with Crippen LogP contribution in [0.4, 0.5) is 0 Å². The molecule has 0 bridgehead atoms. The second-order valence-electron chi connectivity index (χ2n) is 7.68. The number of aliphatic hydroxyl groups excluding tert-OH is 2. The number of rotatable bonds is 0. The SMILES string of the molecule is C[C@]12CC[C@H]3C(=CCC4=C3CCC(O)C4)[C@@H]1CC[C@@H]2O. The third-order valence-electron chi connectivity index (χ3n) is 6.75. The predicted molar refractivity (Wildman–Crippen MR) is 79.1 cm³/mol. The van der Waals surface area contributed by atoms with Gasteiger partial charge in [-0.25, -0.2) is 0 Å². The molecule has 110 valence electrons. The quantitative estimate of drug-likeness (QED) is 0.665. The van der Waals surface area contributed by atoms with E-state index in [9.17, 15) is 10.2 Å². The molecule has 1 unspecified atom stereocenters. The van der Waals surface area contributed by atoms with Gasteiger partial charge in [-0.2, -0.15) is 0 Å². The molecule has 20 heavy (non-hydrogen) atoms. The maximum atomic E-state index is 10.4. The summed E-state index contributed by atoms with van der Waals surface area (Å²) in [5, 5.41) is 20.3. The topological polar surface area (TPSA) is 40.5 Å². The van der Waals surface area contributed by atoms with E-state index in [1.807, 2.05) is 0 Å². The van der Waals surface area contributed by atoms with E-state index in [0.717, 1.165) is 32.1 Å². The van der Waals surface area contributed by atoms with Gasteiger partial charge < -0.3 is 10.2 Å². The second-order valence-corrected chi connectivity index (χ2v) is 7.68. The Bertz CT molecular complexity index is 490. The molecular weight excluding hydrogens is 248 g/mol. The Balaban J connectivity index is 1.66. The van der Waals surface area contributed by atoms with Crippen molar-refractivity contribution in [3.8, 4) is 0 Å². The van der Waals surface area contributed by atoms with E-state index >= 15 is 0 Å². The number of aliphatic hydroxyl groups is 2. The van der Waals surface area contributed by atoms with Gasteiger partial charge in [0.15, 0.2) is 0 Å². The first kappa shape index (κ1) is 13.1. The normalized spacial score (nSPS) is 47.5. The standard InChI is InChI=1S/C18H26O2/c1-18-9-8-14-13-5-3-12(19)10-11(13)2-4-15(14)16(18)6-7-17(18)20/h4,12,14,16-17,19-20H,2-3,5-10H2,1H3/t12?,14-,16+,17+,18+/m1/s1. The largest absolute Gasteiger partial charge is 0.393 e. The van der Waals surface area contributed by atoms with Crippen LogP contribution in [-0.4, -0.2) is 22.4 Å². The van der Waals surface area contributed by atoms with Crippen LogP contribution < -0.4 is 0 Å². The number of hydrogen-bond donors (Lipinski definition) is 2. The molecule has 0 radical (unpaired) electrons. The van der Waals surface area contributed by atoms with Crippen LogP contribution in [0.5, 0.6) is 0 Å². The van der Waals surface area contributed by atoms with Crippen LogP contribution in [0.3, 0.4) is 0 Å². The lowest BCUT2D eigenvalue weighted by molar-refractivity contribution is 0.0232. The minimum atomic E-state index is -0.106. The summed E-state index contributed by atoms with van der Waals surface area (Å²) in [5.74, 6) is 1.26. The van der Waals surface area contributed by atoms with Crippen molar-refractivity contribution < 1.29 is 10.2 Å². The first-order valence-corrected chi connectivity index (χ1v) is 8.36. The Labute approximate surface area is 121 Å². The fourth-order valence-corrected chi connectivity index (χ4v) is 5.52. The molecule has 0 aromatic heterocycles. The Morgan fingerprint density at radius 2 is 2.00 bits per heavy atom. The monoisotopic (exact) mass is 274 g/mol. The molecule has 2 nitrogen and oxygen atoms in total. The molecule has 0 aromatic carbocycles. The van der Waals surface area contributed by atoms with Crippen LogP contribution in [0.1, 0.15) is 58.3 Å². The van der Waals surface area contributed by atoms with E-state index in [2.05, 4.69) is 13.0 Å². The zero-order valence-electron chi connectivity index (χ0n) is 12.4. The van der Waals surface area contributed by atoms with Gasteiger partial charge in [0.1, 0.15) is 0 Å². The van der Waals surface area contributed by atoms with Crippen LogP contribution in [0.15, 0.2) is 22.8 Å². The lowest BCUT2D eigenvalue weighted by Gasteiger charge is -2.47. The lowest BCUT2D eigenvalue weighted by Crippen LogP contribution is -2.40. The Kier molecular flexibility index (Phi) is 2.91. The molecule has 0 heterocycles. The zero-order chi connectivity index (χ0) is 13.9. The molecule has 2 fully saturated rings. The van der Waals surface area contributed by atoms with Crippen LogP contribution in [0.2, 0.25) is 0 Å². The zero-order valence-corrected chi connectivity index (χ0v) is 12.4. The second kappa shape index (κ2) is 4.45. The summed E-state index contributed by atoms with van der Waals surface area (Å²) < 4.78 is 0. The maximum absolute atomic E-state index is 10.4. The molecule has 0 aliphatic heterocycles. The molecule has 0 spiro atoms. The minimum Gasteiger partial charge on any atom is -0.393 e. The van der Waals surface area contributed by atoms with E-state index in [4.69, 9.17) is 0 Å². The molecule has 0 aromatic rings. The molecule has 0 amide bonds. The van der Waals surface area contributed by atoms with Gasteiger partial charge in [0.05, 0.1) is 12.2 Å². The van der Waals surface area contributed by atoms with Crippen molar-refractivity contribution in [1.82, 2.24) is 0 Å². The molecule has 2 N–H and O–H groups in total. The van der Waals surface area contributed by atoms with Crippen molar-refractivity contribution in [2.45, 2.75) is 70.5 Å². The third kappa shape index (κ3) is 1.70. The van der Waals surface area contributed by atoms with Gasteiger partial charge in [-0.05, 0) is 57.3 Å². The number of fused-ring (bicyclic) bond motifs is 4. The molecule has 5 atom stereocenters. The van der Waals surface area contributed by atoms with Crippen molar-refractivity contribution in [3.05, 3.63) is 22.8 Å². The summed E-state index contributed by atoms with van der Waals surface area (Å²) in [6.45, 7) is 2.31. The first-order valence-electron chi connectivity index (χ1n) is 8.36. The van der Waals surface area contributed by atoms with E-state index in [1.165, 1.54) is 24.8 Å². The molecular formula is C18H26O2. The number of allylic oxidation sites excluding steroid dienone is 3. The number of hydrogen-bond acceptors (Lipinski definition) is 2. The van der Waals surface area contributed by atoms with Crippen LogP contribution in [0.25, 0.3) is 0 Å². The highest BCUT2D eigenvalue weighted by Gasteiger charge is 2.52. The van der Waals surface area contributed by atoms with Crippen molar-refractivity contribution in [2.24, 2.45) is 17.3 Å². The van der Waals surface area contributed by atoms with Crippen molar-refractivity contribution >= 4 is 0 Å². The molecule has 4 aliphatic rings. The van der Waals surface area contributed by atoms with E-state index in [-0.39, 0.29) is 17.6 Å². The van der Waals surface area contributed by atoms with Gasteiger partial charge in [-0.3, -0.25) is 0 Å². The minimum absolute atomic E-state index is 0.0992. The van der Waals surface area contributed by atoms with Gasteiger partial charge in [-0.1, -0.05) is 29.7 Å². The summed E-state index contributed by atoms with van der Waals surface area (Å²) >= 11 is 0. The third-order valence-corrected chi connectivity index (χ3v) is 6.75. The lowest BCUT2D eigenvalue weighted by atomic mass is 9.58. The average Bonchev–Trinajstić information content (AvgIpc) is 2.74. The molecule has 0 saturated heterocycles. The van der Waals surface area contributed by atoms with Gasteiger partial charge in [0.2, 0.25) is 0 Å². The van der Waals surface area contributed by atoms with Gasteiger partial charge in [-0.15, -0.1) is 0 Å². The van der Waals surface area contributed by atoms with Gasteiger partial charge in [0.25, 0.3) is 0 Å². The smallest absolute Gasteiger partial charge is 0.0599 e. The summed E-state index contributed by atoms with van der Waals surface area (Å²) in [7, 11) is 0. The summed E-state index contributed by atoms with van der Waals surface area (Å²) in [6.07, 6.45) is 10.8. The average molecular weight is 274 g/mol. The fourth-order valence-electron chi connectivity index (χ4n) is 5.52. The summed E-state index contributed by atoms with van der Waals surface area (Å²) in [6, 6.07) is 0. The summed E-state index contributed by atoms with van der Waals surface area (Å²) in [4.78, 5) is 0. The highest BCUT2D eigenvalue weighted by molar-refractivity contribution is 5.39. The van der Waals surface area contributed by atoms with E-state index in [1.54, 1.807) is 11.1 Å². The van der Waals surface area contributed by atoms with Crippen LogP contribution >= 0.6 is 0 Å². The van der Waals surface area contributed by atoms with Crippen molar-refractivity contribution in [2.75, 3.05) is 0 Å². The maximum Gasteiger partial charge on any atom is 0.0599 e. The Hall–Kier alpha value is -0.600. The van der Waals surface area contributed by atoms with Crippen molar-refractivity contribution in [3.63, 3.8) is 0 Å². The Morgan fingerprint density at radius 1 is 1.15 bits per heavy atom. The van der Waals surface area contributed by atoms with E-state index in [0.29, 0.717) is 11.8 Å². The fraction of sp³-hybridized carbons (Fsp3) is 0.778. The van der Waals surface area contributed by atoms with Crippen molar-refractivity contribution in [1.29, 1.82) is 0 Å². The molecule has 4 rings (SSSR count). The van der Waals surface area contributed by atoms with Crippen LogP contribution in [-0.2, 0) is 0 Å². The first-order chi connectivity index (χ1) is 9.59. The van der Waals surface area contributed by atoms with Gasteiger partial charge in [0, 0.05) is 11.3 Å². The Morgan fingerprint density at radius 3 is 2.85 bits per heavy atom. The highest BCUT2D eigenvalue weighted by Crippen LogP contribution is 2.59. The molecule has 2 saturated carbocycles.